The van der Waals surface area contributed by atoms with Crippen molar-refractivity contribution in [1.82, 2.24) is 4.72 Å². The lowest BCUT2D eigenvalue weighted by atomic mass is 9.70. The Hall–Kier alpha value is 0.287. The van der Waals surface area contributed by atoms with Gasteiger partial charge in [0.15, 0.2) is 8.32 Å². The van der Waals surface area contributed by atoms with E-state index in [-0.39, 0.29) is 9.79 Å². The van der Waals surface area contributed by atoms with E-state index in [0.29, 0.717) is 17.6 Å². The fourth-order valence-corrected chi connectivity index (χ4v) is 6.49. The molecule has 0 radical (unpaired) electrons. The van der Waals surface area contributed by atoms with Crippen LogP contribution in [0.15, 0.2) is 0 Å². The molecule has 0 aliphatic heterocycles. The van der Waals surface area contributed by atoms with Gasteiger partial charge in [0, 0.05) is 12.1 Å². The van der Waals surface area contributed by atoms with Crippen LogP contribution in [0.25, 0.3) is 0 Å². The van der Waals surface area contributed by atoms with E-state index in [4.69, 9.17) is 4.43 Å². The van der Waals surface area contributed by atoms with Crippen molar-refractivity contribution in [3.8, 4) is 0 Å². The van der Waals surface area contributed by atoms with E-state index >= 15 is 0 Å². The lowest BCUT2D eigenvalue weighted by Crippen LogP contribution is -2.47. The van der Waals surface area contributed by atoms with Crippen molar-refractivity contribution in [2.75, 3.05) is 0 Å². The summed E-state index contributed by atoms with van der Waals surface area (Å²) in [6.45, 7) is 17.8. The summed E-state index contributed by atoms with van der Waals surface area (Å²) in [6.07, 6.45) is 9.01. The smallest absolute Gasteiger partial charge is 0.192 e. The van der Waals surface area contributed by atoms with Gasteiger partial charge in [-0.2, -0.15) is 0 Å². The van der Waals surface area contributed by atoms with Crippen LogP contribution in [0, 0.1) is 5.41 Å². The fraction of sp³-hybridized carbons (Fsp3) is 1.00. The van der Waals surface area contributed by atoms with Gasteiger partial charge in [-0.1, -0.05) is 40.0 Å². The van der Waals surface area contributed by atoms with Crippen LogP contribution < -0.4 is 4.72 Å². The largest absolute Gasteiger partial charge is 0.414 e. The molecule has 0 aromatic carbocycles. The van der Waals surface area contributed by atoms with Crippen LogP contribution in [0.3, 0.4) is 0 Å². The molecule has 2 aliphatic carbocycles. The monoisotopic (exact) mass is 387 g/mol. The number of hydrogen-bond donors (Lipinski definition) is 1. The van der Waals surface area contributed by atoms with E-state index in [9.17, 15) is 4.21 Å². The average molecular weight is 388 g/mol. The highest BCUT2D eigenvalue weighted by atomic mass is 32.2. The molecule has 1 spiro atoms. The molecule has 3 nitrogen and oxygen atoms in total. The van der Waals surface area contributed by atoms with Crippen molar-refractivity contribution in [3.05, 3.63) is 0 Å². The third kappa shape index (κ3) is 4.97. The molecule has 3 atom stereocenters. The quantitative estimate of drug-likeness (QED) is 0.643. The Morgan fingerprint density at radius 1 is 1.04 bits per heavy atom. The summed E-state index contributed by atoms with van der Waals surface area (Å²) in [5.74, 6) is 0. The van der Waals surface area contributed by atoms with E-state index in [1.165, 1.54) is 32.1 Å². The van der Waals surface area contributed by atoms with Crippen LogP contribution in [0.1, 0.15) is 86.5 Å². The molecule has 2 saturated carbocycles. The predicted octanol–water partition coefficient (Wildman–Crippen LogP) is 5.54. The zero-order valence-electron chi connectivity index (χ0n) is 17.8. The average Bonchev–Trinajstić information content (AvgIpc) is 2.73. The first-order valence-electron chi connectivity index (χ1n) is 10.1. The van der Waals surface area contributed by atoms with Crippen molar-refractivity contribution in [1.29, 1.82) is 0 Å². The Balaban J connectivity index is 2.15. The minimum absolute atomic E-state index is 0.214. The zero-order chi connectivity index (χ0) is 19.1. The minimum atomic E-state index is -1.76. The lowest BCUT2D eigenvalue weighted by molar-refractivity contribution is 0.131. The number of nitrogens with one attached hydrogen (secondary N) is 1. The molecule has 148 valence electrons. The SMILES string of the molecule is CC(C)(C)[S@@](=O)N[C@@H]1C[C@H](O[Si](C)(C)C(C)(C)C)CC12CCCCC2. The minimum Gasteiger partial charge on any atom is -0.414 e. The van der Waals surface area contributed by atoms with E-state index in [0.717, 1.165) is 12.8 Å². The van der Waals surface area contributed by atoms with Crippen molar-refractivity contribution in [2.45, 2.75) is 122 Å². The predicted molar refractivity (Wildman–Crippen MR) is 112 cm³/mol. The first kappa shape index (κ1) is 21.6. The summed E-state index contributed by atoms with van der Waals surface area (Å²) in [4.78, 5) is 0. The Bertz CT molecular complexity index is 487. The van der Waals surface area contributed by atoms with E-state index in [1.54, 1.807) is 0 Å². The molecule has 0 heterocycles. The Morgan fingerprint density at radius 3 is 2.08 bits per heavy atom. The summed E-state index contributed by atoms with van der Waals surface area (Å²) < 4.78 is 22.9. The first-order chi connectivity index (χ1) is 11.3. The highest BCUT2D eigenvalue weighted by molar-refractivity contribution is 7.84. The molecule has 5 heteroatoms. The van der Waals surface area contributed by atoms with E-state index < -0.39 is 19.3 Å². The van der Waals surface area contributed by atoms with Gasteiger partial charge in [-0.05, 0) is 70.0 Å². The Morgan fingerprint density at radius 2 is 1.60 bits per heavy atom. The third-order valence-corrected chi connectivity index (χ3v) is 12.9. The van der Waals surface area contributed by atoms with Crippen LogP contribution >= 0.6 is 0 Å². The van der Waals surface area contributed by atoms with Crippen molar-refractivity contribution in [2.24, 2.45) is 5.41 Å². The summed E-state index contributed by atoms with van der Waals surface area (Å²) in [7, 11) is -2.76. The third-order valence-electron chi connectivity index (χ3n) is 6.79. The Labute approximate surface area is 159 Å². The van der Waals surface area contributed by atoms with Gasteiger partial charge in [0.1, 0.15) is 0 Å². The maximum atomic E-state index is 12.8. The number of rotatable bonds is 4. The topological polar surface area (TPSA) is 38.3 Å². The van der Waals surface area contributed by atoms with Crippen LogP contribution in [0.2, 0.25) is 18.1 Å². The first-order valence-corrected chi connectivity index (χ1v) is 14.2. The van der Waals surface area contributed by atoms with Gasteiger partial charge in [0.25, 0.3) is 0 Å². The van der Waals surface area contributed by atoms with Crippen LogP contribution in [-0.4, -0.2) is 29.4 Å². The second kappa shape index (κ2) is 7.37. The molecular weight excluding hydrogens is 346 g/mol. The van der Waals surface area contributed by atoms with Crippen LogP contribution in [0.4, 0.5) is 0 Å². The van der Waals surface area contributed by atoms with Gasteiger partial charge in [0.05, 0.1) is 15.7 Å². The van der Waals surface area contributed by atoms with Gasteiger partial charge < -0.3 is 4.43 Å². The van der Waals surface area contributed by atoms with E-state index in [2.05, 4.69) is 59.4 Å². The fourth-order valence-electron chi connectivity index (χ4n) is 4.16. The van der Waals surface area contributed by atoms with Crippen molar-refractivity contribution < 1.29 is 8.63 Å². The zero-order valence-corrected chi connectivity index (χ0v) is 19.6. The highest BCUT2D eigenvalue weighted by Gasteiger charge is 2.51. The number of hydrogen-bond acceptors (Lipinski definition) is 2. The normalized spacial score (nSPS) is 29.1. The van der Waals surface area contributed by atoms with Crippen molar-refractivity contribution >= 4 is 19.3 Å². The molecule has 25 heavy (non-hydrogen) atoms. The lowest BCUT2D eigenvalue weighted by Gasteiger charge is -2.40. The molecule has 2 aliphatic rings. The second-order valence-electron chi connectivity index (χ2n) is 10.9. The second-order valence-corrected chi connectivity index (χ2v) is 17.7. The molecule has 0 bridgehead atoms. The van der Waals surface area contributed by atoms with Crippen LogP contribution in [-0.2, 0) is 15.4 Å². The summed E-state index contributed by atoms with van der Waals surface area (Å²) in [6, 6.07) is 0.336. The molecular formula is C20H41NO2SSi. The maximum Gasteiger partial charge on any atom is 0.192 e. The summed E-state index contributed by atoms with van der Waals surface area (Å²) in [5.41, 5.74) is 0.298. The molecule has 0 amide bonds. The molecule has 1 N–H and O–H groups in total. The van der Waals surface area contributed by atoms with Crippen molar-refractivity contribution in [3.63, 3.8) is 0 Å². The Kier molecular flexibility index (Phi) is 6.36. The standard InChI is InChI=1S/C20H41NO2SSi/c1-18(2,3)24(22)21-17-14-16(23-25(7,8)19(4,5)6)15-20(17)12-10-9-11-13-20/h16-17,21H,9-15H2,1-8H3/t16-,17+,24+/m0/s1. The molecule has 0 aromatic rings. The van der Waals surface area contributed by atoms with Gasteiger partial charge in [-0.25, -0.2) is 8.93 Å². The maximum absolute atomic E-state index is 12.8. The van der Waals surface area contributed by atoms with Gasteiger partial charge in [0.2, 0.25) is 0 Å². The summed E-state index contributed by atoms with van der Waals surface area (Å²) in [5, 5.41) is 0.243. The molecule has 0 unspecified atom stereocenters. The summed E-state index contributed by atoms with van der Waals surface area (Å²) >= 11 is 0. The van der Waals surface area contributed by atoms with Gasteiger partial charge in [-0.15, -0.1) is 0 Å². The van der Waals surface area contributed by atoms with E-state index in [1.807, 2.05) is 0 Å². The molecule has 0 aromatic heterocycles. The van der Waals surface area contributed by atoms with Gasteiger partial charge >= 0.3 is 0 Å². The van der Waals surface area contributed by atoms with Gasteiger partial charge in [-0.3, -0.25) is 0 Å². The highest BCUT2D eigenvalue weighted by Crippen LogP contribution is 2.51. The molecule has 0 saturated heterocycles. The molecule has 2 rings (SSSR count). The van der Waals surface area contributed by atoms with Crippen LogP contribution in [0.5, 0.6) is 0 Å². The molecule has 2 fully saturated rings.